The van der Waals surface area contributed by atoms with Gasteiger partial charge in [0.05, 0.1) is 0 Å². The third-order valence-corrected chi connectivity index (χ3v) is 2.26. The molecule has 0 unspecified atom stereocenters. The van der Waals surface area contributed by atoms with E-state index in [0.717, 1.165) is 38.9 Å². The lowest BCUT2D eigenvalue weighted by atomic mass is 9.97. The fraction of sp³-hybridized carbons (Fsp3) is 0.889. The minimum Gasteiger partial charge on any atom is -0.356 e. The van der Waals surface area contributed by atoms with Crippen LogP contribution >= 0.6 is 12.4 Å². The third kappa shape index (κ3) is 4.48. The summed E-state index contributed by atoms with van der Waals surface area (Å²) < 4.78 is 0. The standard InChI is InChI=1S/C9H18N2O.ClH/c1-2-5-11-9(12)8-3-6-10-7-4-8;/h8,10H,2-7H2,1H3,(H,11,12);1H. The molecule has 0 aromatic rings. The summed E-state index contributed by atoms with van der Waals surface area (Å²) in [5.74, 6) is 0.510. The first-order valence-corrected chi connectivity index (χ1v) is 4.83. The number of carbonyl (C=O) groups excluding carboxylic acids is 1. The summed E-state index contributed by atoms with van der Waals surface area (Å²) in [7, 11) is 0. The summed E-state index contributed by atoms with van der Waals surface area (Å²) >= 11 is 0. The van der Waals surface area contributed by atoms with E-state index < -0.39 is 0 Å². The van der Waals surface area contributed by atoms with E-state index in [-0.39, 0.29) is 24.2 Å². The largest absolute Gasteiger partial charge is 0.356 e. The van der Waals surface area contributed by atoms with Crippen LogP contribution in [0.2, 0.25) is 0 Å². The first kappa shape index (κ1) is 12.7. The Morgan fingerprint density at radius 1 is 1.46 bits per heavy atom. The van der Waals surface area contributed by atoms with Crippen molar-refractivity contribution >= 4 is 18.3 Å². The maximum atomic E-state index is 11.4. The van der Waals surface area contributed by atoms with E-state index in [1.807, 2.05) is 0 Å². The molecule has 2 N–H and O–H groups in total. The van der Waals surface area contributed by atoms with Crippen molar-refractivity contribution in [2.75, 3.05) is 19.6 Å². The second-order valence-electron chi connectivity index (χ2n) is 3.32. The Morgan fingerprint density at radius 3 is 2.62 bits per heavy atom. The fourth-order valence-electron chi connectivity index (χ4n) is 1.48. The van der Waals surface area contributed by atoms with Crippen LogP contribution in [0.1, 0.15) is 26.2 Å². The van der Waals surface area contributed by atoms with Gasteiger partial charge in [-0.15, -0.1) is 12.4 Å². The Hall–Kier alpha value is -0.280. The van der Waals surface area contributed by atoms with Crippen LogP contribution in [-0.4, -0.2) is 25.5 Å². The maximum absolute atomic E-state index is 11.4. The summed E-state index contributed by atoms with van der Waals surface area (Å²) in [6.45, 7) is 4.87. The molecule has 1 heterocycles. The monoisotopic (exact) mass is 206 g/mol. The van der Waals surface area contributed by atoms with Gasteiger partial charge in [-0.3, -0.25) is 4.79 Å². The lowest BCUT2D eigenvalue weighted by molar-refractivity contribution is -0.125. The lowest BCUT2D eigenvalue weighted by Gasteiger charge is -2.21. The second kappa shape index (κ2) is 7.15. The van der Waals surface area contributed by atoms with Gasteiger partial charge in [0.15, 0.2) is 0 Å². The van der Waals surface area contributed by atoms with E-state index in [1.54, 1.807) is 0 Å². The molecule has 0 radical (unpaired) electrons. The van der Waals surface area contributed by atoms with Crippen molar-refractivity contribution in [2.45, 2.75) is 26.2 Å². The van der Waals surface area contributed by atoms with E-state index in [2.05, 4.69) is 17.6 Å². The van der Waals surface area contributed by atoms with Gasteiger partial charge >= 0.3 is 0 Å². The molecule has 4 heteroatoms. The molecule has 0 aromatic heterocycles. The van der Waals surface area contributed by atoms with Crippen molar-refractivity contribution in [1.82, 2.24) is 10.6 Å². The first-order chi connectivity index (χ1) is 5.84. The molecule has 0 saturated carbocycles. The summed E-state index contributed by atoms with van der Waals surface area (Å²) in [4.78, 5) is 11.4. The molecular formula is C9H19ClN2O. The molecule has 3 nitrogen and oxygen atoms in total. The Morgan fingerprint density at radius 2 is 2.08 bits per heavy atom. The van der Waals surface area contributed by atoms with Crippen molar-refractivity contribution in [1.29, 1.82) is 0 Å². The zero-order valence-electron chi connectivity index (χ0n) is 8.14. The van der Waals surface area contributed by atoms with Crippen molar-refractivity contribution in [3.63, 3.8) is 0 Å². The number of piperidine rings is 1. The highest BCUT2D eigenvalue weighted by Crippen LogP contribution is 2.10. The van der Waals surface area contributed by atoms with Crippen molar-refractivity contribution < 1.29 is 4.79 Å². The fourth-order valence-corrected chi connectivity index (χ4v) is 1.48. The molecule has 1 rings (SSSR count). The maximum Gasteiger partial charge on any atom is 0.223 e. The van der Waals surface area contributed by atoms with Crippen LogP contribution in [0.5, 0.6) is 0 Å². The topological polar surface area (TPSA) is 41.1 Å². The van der Waals surface area contributed by atoms with Gasteiger partial charge in [0, 0.05) is 12.5 Å². The third-order valence-electron chi connectivity index (χ3n) is 2.26. The van der Waals surface area contributed by atoms with Crippen molar-refractivity contribution in [3.05, 3.63) is 0 Å². The lowest BCUT2D eigenvalue weighted by Crippen LogP contribution is -2.38. The predicted octanol–water partition coefficient (Wildman–Crippen LogP) is 0.934. The van der Waals surface area contributed by atoms with E-state index in [4.69, 9.17) is 0 Å². The molecule has 13 heavy (non-hydrogen) atoms. The van der Waals surface area contributed by atoms with Gasteiger partial charge in [-0.25, -0.2) is 0 Å². The molecule has 0 spiro atoms. The Bertz CT molecular complexity index is 147. The number of halogens is 1. The molecule has 1 aliphatic rings. The molecule has 1 aliphatic heterocycles. The average molecular weight is 207 g/mol. The number of hydrogen-bond donors (Lipinski definition) is 2. The highest BCUT2D eigenvalue weighted by Gasteiger charge is 2.19. The zero-order valence-corrected chi connectivity index (χ0v) is 8.95. The van der Waals surface area contributed by atoms with Crippen LogP contribution in [0.3, 0.4) is 0 Å². The van der Waals surface area contributed by atoms with E-state index in [0.29, 0.717) is 0 Å². The minimum atomic E-state index is 0. The minimum absolute atomic E-state index is 0. The highest BCUT2D eigenvalue weighted by atomic mass is 35.5. The molecule has 1 fully saturated rings. The normalized spacial score (nSPS) is 17.6. The van der Waals surface area contributed by atoms with Crippen LogP contribution in [-0.2, 0) is 4.79 Å². The van der Waals surface area contributed by atoms with Crippen molar-refractivity contribution in [3.8, 4) is 0 Å². The van der Waals surface area contributed by atoms with Gasteiger partial charge in [-0.05, 0) is 32.4 Å². The van der Waals surface area contributed by atoms with Gasteiger partial charge < -0.3 is 10.6 Å². The predicted molar refractivity (Wildman–Crippen MR) is 56.1 cm³/mol. The quantitative estimate of drug-likeness (QED) is 0.722. The van der Waals surface area contributed by atoms with Gasteiger partial charge in [-0.1, -0.05) is 6.92 Å². The first-order valence-electron chi connectivity index (χ1n) is 4.83. The van der Waals surface area contributed by atoms with Crippen LogP contribution < -0.4 is 10.6 Å². The molecule has 78 valence electrons. The average Bonchev–Trinajstić information content (AvgIpc) is 2.15. The number of hydrogen-bond acceptors (Lipinski definition) is 2. The molecule has 1 saturated heterocycles. The van der Waals surface area contributed by atoms with Gasteiger partial charge in [0.1, 0.15) is 0 Å². The van der Waals surface area contributed by atoms with Crippen LogP contribution in [0.4, 0.5) is 0 Å². The SMILES string of the molecule is CCCNC(=O)C1CCNCC1.Cl. The molecule has 1 amide bonds. The Balaban J connectivity index is 0.00000144. The molecule has 0 atom stereocenters. The number of amides is 1. The summed E-state index contributed by atoms with van der Waals surface area (Å²) in [5.41, 5.74) is 0. The van der Waals surface area contributed by atoms with Gasteiger partial charge in [0.25, 0.3) is 0 Å². The number of carbonyl (C=O) groups is 1. The zero-order chi connectivity index (χ0) is 8.81. The smallest absolute Gasteiger partial charge is 0.223 e. The van der Waals surface area contributed by atoms with Crippen LogP contribution in [0.15, 0.2) is 0 Å². The van der Waals surface area contributed by atoms with E-state index >= 15 is 0 Å². The summed E-state index contributed by atoms with van der Waals surface area (Å²) in [6.07, 6.45) is 3.02. The molecular weight excluding hydrogens is 188 g/mol. The second-order valence-corrected chi connectivity index (χ2v) is 3.32. The summed E-state index contributed by atoms with van der Waals surface area (Å²) in [5, 5.41) is 6.18. The Labute approximate surface area is 86.1 Å². The van der Waals surface area contributed by atoms with Gasteiger partial charge in [-0.2, -0.15) is 0 Å². The van der Waals surface area contributed by atoms with Crippen molar-refractivity contribution in [2.24, 2.45) is 5.92 Å². The summed E-state index contributed by atoms with van der Waals surface area (Å²) in [6, 6.07) is 0. The Kier molecular flexibility index (Phi) is 7.00. The van der Waals surface area contributed by atoms with Crippen LogP contribution in [0.25, 0.3) is 0 Å². The number of rotatable bonds is 3. The molecule has 0 aromatic carbocycles. The highest BCUT2D eigenvalue weighted by molar-refractivity contribution is 5.85. The van der Waals surface area contributed by atoms with Crippen LogP contribution in [0, 0.1) is 5.92 Å². The van der Waals surface area contributed by atoms with E-state index in [1.165, 1.54) is 0 Å². The van der Waals surface area contributed by atoms with E-state index in [9.17, 15) is 4.79 Å². The molecule has 0 aliphatic carbocycles. The molecule has 0 bridgehead atoms. The number of nitrogens with one attached hydrogen (secondary N) is 2. The van der Waals surface area contributed by atoms with Gasteiger partial charge in [0.2, 0.25) is 5.91 Å².